The van der Waals surface area contributed by atoms with Crippen molar-refractivity contribution >= 4 is 5.91 Å². The van der Waals surface area contributed by atoms with E-state index in [9.17, 15) is 4.79 Å². The van der Waals surface area contributed by atoms with Gasteiger partial charge in [0.2, 0.25) is 5.91 Å². The average molecular weight is 286 g/mol. The lowest BCUT2D eigenvalue weighted by molar-refractivity contribution is -0.124. The molecule has 3 heteroatoms. The Morgan fingerprint density at radius 1 is 1.33 bits per heavy atom. The summed E-state index contributed by atoms with van der Waals surface area (Å²) in [5, 5.41) is 6.61. The van der Waals surface area contributed by atoms with E-state index in [4.69, 9.17) is 0 Å². The van der Waals surface area contributed by atoms with Gasteiger partial charge >= 0.3 is 0 Å². The summed E-state index contributed by atoms with van der Waals surface area (Å²) in [6.45, 7) is 5.24. The van der Waals surface area contributed by atoms with Crippen LogP contribution < -0.4 is 10.6 Å². The van der Waals surface area contributed by atoms with E-state index in [1.807, 2.05) is 0 Å². The first-order chi connectivity index (χ1) is 10.2. The van der Waals surface area contributed by atoms with E-state index in [1.165, 1.54) is 30.4 Å². The standard InChI is InChI=1S/C18H26N2O/c1-3-13-7-9-14(10-8-13)12(2)20-18(21)17-16-6-4-5-15(16)11-19-17/h7-10,12,15-17,19H,3-6,11H2,1-2H3,(H,20,21). The molecule has 3 nitrogen and oxygen atoms in total. The van der Waals surface area contributed by atoms with Gasteiger partial charge in [0.1, 0.15) is 0 Å². The Balaban J connectivity index is 1.61. The largest absolute Gasteiger partial charge is 0.348 e. The zero-order valence-corrected chi connectivity index (χ0v) is 13.1. The lowest BCUT2D eigenvalue weighted by Crippen LogP contribution is -2.44. The highest BCUT2D eigenvalue weighted by molar-refractivity contribution is 5.83. The van der Waals surface area contributed by atoms with Crippen LogP contribution >= 0.6 is 0 Å². The van der Waals surface area contributed by atoms with Crippen molar-refractivity contribution in [2.75, 3.05) is 6.54 Å². The second kappa shape index (κ2) is 6.18. The Morgan fingerprint density at radius 3 is 2.81 bits per heavy atom. The van der Waals surface area contributed by atoms with Crippen LogP contribution in [0.1, 0.15) is 50.3 Å². The highest BCUT2D eigenvalue weighted by atomic mass is 16.2. The van der Waals surface area contributed by atoms with Crippen molar-refractivity contribution < 1.29 is 4.79 Å². The number of aryl methyl sites for hydroxylation is 1. The Morgan fingerprint density at radius 2 is 2.10 bits per heavy atom. The van der Waals surface area contributed by atoms with Gasteiger partial charge in [0.15, 0.2) is 0 Å². The van der Waals surface area contributed by atoms with Crippen molar-refractivity contribution in [3.05, 3.63) is 35.4 Å². The van der Waals surface area contributed by atoms with Crippen LogP contribution in [-0.2, 0) is 11.2 Å². The van der Waals surface area contributed by atoms with Gasteiger partial charge in [-0.2, -0.15) is 0 Å². The van der Waals surface area contributed by atoms with Gasteiger partial charge in [-0.05, 0) is 55.7 Å². The molecule has 1 aromatic carbocycles. The number of benzene rings is 1. The minimum atomic E-state index is 0.0230. The normalized spacial score (nSPS) is 29.1. The van der Waals surface area contributed by atoms with Gasteiger partial charge in [-0.15, -0.1) is 0 Å². The van der Waals surface area contributed by atoms with Crippen LogP contribution in [0.5, 0.6) is 0 Å². The van der Waals surface area contributed by atoms with Crippen molar-refractivity contribution in [3.8, 4) is 0 Å². The summed E-state index contributed by atoms with van der Waals surface area (Å²) in [5.41, 5.74) is 2.52. The number of hydrogen-bond acceptors (Lipinski definition) is 2. The fraction of sp³-hybridized carbons (Fsp3) is 0.611. The molecule has 1 saturated carbocycles. The molecule has 1 amide bonds. The molecule has 4 unspecified atom stereocenters. The third-order valence-electron chi connectivity index (χ3n) is 5.28. The van der Waals surface area contributed by atoms with Gasteiger partial charge in [-0.3, -0.25) is 4.79 Å². The quantitative estimate of drug-likeness (QED) is 0.893. The molecular formula is C18H26N2O. The Hall–Kier alpha value is -1.35. The molecular weight excluding hydrogens is 260 g/mol. The summed E-state index contributed by atoms with van der Waals surface area (Å²) in [4.78, 5) is 12.5. The lowest BCUT2D eigenvalue weighted by Gasteiger charge is -2.21. The molecule has 1 saturated heterocycles. The maximum Gasteiger partial charge on any atom is 0.237 e. The summed E-state index contributed by atoms with van der Waals surface area (Å²) in [6.07, 6.45) is 4.83. The van der Waals surface area contributed by atoms with Gasteiger partial charge in [-0.1, -0.05) is 37.6 Å². The van der Waals surface area contributed by atoms with E-state index in [0.29, 0.717) is 5.92 Å². The highest BCUT2D eigenvalue weighted by Gasteiger charge is 2.42. The van der Waals surface area contributed by atoms with Crippen molar-refractivity contribution in [3.63, 3.8) is 0 Å². The van der Waals surface area contributed by atoms with Crippen LogP contribution in [0.2, 0.25) is 0 Å². The van der Waals surface area contributed by atoms with Crippen LogP contribution in [0.15, 0.2) is 24.3 Å². The third kappa shape index (κ3) is 2.98. The molecule has 4 atom stereocenters. The minimum absolute atomic E-state index is 0.0230. The fourth-order valence-electron chi connectivity index (χ4n) is 3.90. The maximum atomic E-state index is 12.5. The molecule has 21 heavy (non-hydrogen) atoms. The molecule has 1 heterocycles. The van der Waals surface area contributed by atoms with E-state index >= 15 is 0 Å². The van der Waals surface area contributed by atoms with Crippen LogP contribution in [-0.4, -0.2) is 18.5 Å². The molecule has 1 aliphatic carbocycles. The van der Waals surface area contributed by atoms with Gasteiger partial charge in [-0.25, -0.2) is 0 Å². The van der Waals surface area contributed by atoms with E-state index in [0.717, 1.165) is 18.9 Å². The van der Waals surface area contributed by atoms with E-state index in [-0.39, 0.29) is 18.0 Å². The third-order valence-corrected chi connectivity index (χ3v) is 5.28. The van der Waals surface area contributed by atoms with Crippen molar-refractivity contribution in [1.29, 1.82) is 0 Å². The number of fused-ring (bicyclic) bond motifs is 1. The number of carbonyl (C=O) groups is 1. The summed E-state index contributed by atoms with van der Waals surface area (Å²) < 4.78 is 0. The van der Waals surface area contributed by atoms with Crippen molar-refractivity contribution in [1.82, 2.24) is 10.6 Å². The number of nitrogens with one attached hydrogen (secondary N) is 2. The second-order valence-corrected chi connectivity index (χ2v) is 6.57. The van der Waals surface area contributed by atoms with Crippen LogP contribution in [0.25, 0.3) is 0 Å². The second-order valence-electron chi connectivity index (χ2n) is 6.57. The monoisotopic (exact) mass is 286 g/mol. The summed E-state index contributed by atoms with van der Waals surface area (Å²) >= 11 is 0. The molecule has 2 aliphatic rings. The first kappa shape index (κ1) is 14.6. The summed E-state index contributed by atoms with van der Waals surface area (Å²) in [5.74, 6) is 1.45. The number of amides is 1. The Labute approximate surface area is 127 Å². The lowest BCUT2D eigenvalue weighted by atomic mass is 9.93. The van der Waals surface area contributed by atoms with Gasteiger partial charge < -0.3 is 10.6 Å². The number of rotatable bonds is 4. The smallest absolute Gasteiger partial charge is 0.237 e. The highest BCUT2D eigenvalue weighted by Crippen LogP contribution is 2.37. The molecule has 0 radical (unpaired) electrons. The molecule has 3 rings (SSSR count). The molecule has 2 fully saturated rings. The van der Waals surface area contributed by atoms with E-state index < -0.39 is 0 Å². The van der Waals surface area contributed by atoms with Crippen LogP contribution in [0.3, 0.4) is 0 Å². The van der Waals surface area contributed by atoms with Crippen LogP contribution in [0.4, 0.5) is 0 Å². The molecule has 114 valence electrons. The Kier molecular flexibility index (Phi) is 4.29. The predicted octanol–water partition coefficient (Wildman–Crippen LogP) is 2.81. The van der Waals surface area contributed by atoms with Gasteiger partial charge in [0.05, 0.1) is 12.1 Å². The topological polar surface area (TPSA) is 41.1 Å². The van der Waals surface area contributed by atoms with Gasteiger partial charge in [0, 0.05) is 0 Å². The van der Waals surface area contributed by atoms with Gasteiger partial charge in [0.25, 0.3) is 0 Å². The zero-order valence-electron chi connectivity index (χ0n) is 13.1. The fourth-order valence-corrected chi connectivity index (χ4v) is 3.90. The number of carbonyl (C=O) groups excluding carboxylic acids is 1. The average Bonchev–Trinajstić information content (AvgIpc) is 3.09. The Bertz CT molecular complexity index is 496. The van der Waals surface area contributed by atoms with Crippen molar-refractivity contribution in [2.24, 2.45) is 11.8 Å². The molecule has 1 aromatic rings. The number of hydrogen-bond donors (Lipinski definition) is 2. The molecule has 1 aliphatic heterocycles. The van der Waals surface area contributed by atoms with Crippen molar-refractivity contribution in [2.45, 2.75) is 51.6 Å². The minimum Gasteiger partial charge on any atom is -0.348 e. The predicted molar refractivity (Wildman–Crippen MR) is 85.0 cm³/mol. The molecule has 2 N–H and O–H groups in total. The molecule has 0 bridgehead atoms. The maximum absolute atomic E-state index is 12.5. The zero-order chi connectivity index (χ0) is 14.8. The van der Waals surface area contributed by atoms with E-state index in [2.05, 4.69) is 48.7 Å². The first-order valence-corrected chi connectivity index (χ1v) is 8.31. The summed E-state index contributed by atoms with van der Waals surface area (Å²) in [7, 11) is 0. The molecule has 0 aromatic heterocycles. The SMILES string of the molecule is CCc1ccc(C(C)NC(=O)C2NCC3CCCC32)cc1. The van der Waals surface area contributed by atoms with E-state index in [1.54, 1.807) is 0 Å². The van der Waals surface area contributed by atoms with Crippen LogP contribution in [0, 0.1) is 11.8 Å². The molecule has 0 spiro atoms. The first-order valence-electron chi connectivity index (χ1n) is 8.31. The summed E-state index contributed by atoms with van der Waals surface area (Å²) in [6, 6.07) is 8.66.